The zero-order valence-electron chi connectivity index (χ0n) is 14.8. The molecule has 8 heteroatoms. The lowest BCUT2D eigenvalue weighted by atomic mass is 10.1. The van der Waals surface area contributed by atoms with E-state index in [1.54, 1.807) is 42.5 Å². The Hall–Kier alpha value is -3.52. The molecule has 1 heterocycles. The fourth-order valence-corrected chi connectivity index (χ4v) is 2.61. The van der Waals surface area contributed by atoms with Crippen molar-refractivity contribution in [3.63, 3.8) is 0 Å². The number of rotatable bonds is 6. The van der Waals surface area contributed by atoms with Crippen LogP contribution in [-0.4, -0.2) is 32.5 Å². The van der Waals surface area contributed by atoms with E-state index in [1.807, 2.05) is 5.43 Å². The highest BCUT2D eigenvalue weighted by atomic mass is 16.5. The van der Waals surface area contributed by atoms with Crippen LogP contribution in [0.15, 0.2) is 42.2 Å². The van der Waals surface area contributed by atoms with Crippen molar-refractivity contribution in [3.05, 3.63) is 53.3 Å². The van der Waals surface area contributed by atoms with Crippen molar-refractivity contribution in [2.45, 2.75) is 0 Å². The summed E-state index contributed by atoms with van der Waals surface area (Å²) < 4.78 is 21.6. The highest BCUT2D eigenvalue weighted by Gasteiger charge is 2.28. The summed E-state index contributed by atoms with van der Waals surface area (Å²) >= 11 is 0. The van der Waals surface area contributed by atoms with E-state index in [9.17, 15) is 9.59 Å². The number of fused-ring (bicyclic) bond motifs is 1. The monoisotopic (exact) mass is 370 g/mol. The smallest absolute Gasteiger partial charge is 0.271 e. The van der Waals surface area contributed by atoms with Crippen molar-refractivity contribution >= 4 is 17.8 Å². The fourth-order valence-electron chi connectivity index (χ4n) is 2.61. The molecule has 0 aromatic heterocycles. The van der Waals surface area contributed by atoms with Gasteiger partial charge in [0.15, 0.2) is 23.9 Å². The van der Waals surface area contributed by atoms with Gasteiger partial charge in [-0.2, -0.15) is 0 Å². The zero-order valence-corrected chi connectivity index (χ0v) is 14.8. The van der Waals surface area contributed by atoms with Crippen molar-refractivity contribution in [1.82, 2.24) is 5.43 Å². The first-order valence-electron chi connectivity index (χ1n) is 7.99. The number of carbonyl (C=O) groups excluding carboxylic acids is 2. The number of allylic oxidation sites excluding steroid dienone is 1. The molecule has 0 unspecified atom stereocenters. The van der Waals surface area contributed by atoms with Crippen LogP contribution in [0.3, 0.4) is 0 Å². The lowest BCUT2D eigenvalue weighted by molar-refractivity contribution is -0.123. The maximum absolute atomic E-state index is 12.6. The van der Waals surface area contributed by atoms with Crippen molar-refractivity contribution in [1.29, 1.82) is 0 Å². The van der Waals surface area contributed by atoms with Crippen LogP contribution in [0, 0.1) is 0 Å². The highest BCUT2D eigenvalue weighted by Crippen LogP contribution is 2.37. The molecule has 0 atom stereocenters. The Morgan fingerprint density at radius 1 is 1.22 bits per heavy atom. The summed E-state index contributed by atoms with van der Waals surface area (Å²) in [5.41, 5.74) is 3.01. The number of Topliss-reactive ketones (excluding diaryl/α,β-unsaturated/α-hetero) is 1. The minimum atomic E-state index is -0.474. The molecule has 0 spiro atoms. The predicted octanol–water partition coefficient (Wildman–Crippen LogP) is 1.69. The molecule has 2 aromatic carbocycles. The standard InChI is InChI=1S/C19H18N2O6/c1-24-14-5-3-4-11(19(14)25-2)8-16-18(23)13-7-6-12(9-15(13)27-16)26-10-17(22)21-20/h3-9H,10,20H2,1-2H3,(H,21,22)/b16-8-. The molecule has 8 nitrogen and oxygen atoms in total. The Balaban J connectivity index is 1.86. The number of ketones is 1. The predicted molar refractivity (Wildman–Crippen MR) is 96.7 cm³/mol. The molecule has 0 saturated heterocycles. The number of hydrazine groups is 1. The van der Waals surface area contributed by atoms with Crippen molar-refractivity contribution in [2.24, 2.45) is 5.84 Å². The number of methoxy groups -OCH3 is 2. The summed E-state index contributed by atoms with van der Waals surface area (Å²) in [6, 6.07) is 10.0. The van der Waals surface area contributed by atoms with Gasteiger partial charge in [0.25, 0.3) is 5.91 Å². The van der Waals surface area contributed by atoms with Crippen LogP contribution in [0.2, 0.25) is 0 Å². The van der Waals surface area contributed by atoms with E-state index in [4.69, 9.17) is 24.8 Å². The molecule has 1 aliphatic heterocycles. The number of carbonyl (C=O) groups is 2. The Morgan fingerprint density at radius 3 is 2.74 bits per heavy atom. The second kappa shape index (κ2) is 7.79. The van der Waals surface area contributed by atoms with Crippen LogP contribution in [-0.2, 0) is 4.79 Å². The van der Waals surface area contributed by atoms with Gasteiger partial charge in [-0.05, 0) is 24.3 Å². The van der Waals surface area contributed by atoms with Gasteiger partial charge in [-0.25, -0.2) is 5.84 Å². The molecule has 0 radical (unpaired) electrons. The lowest BCUT2D eigenvalue weighted by Gasteiger charge is -2.10. The molecule has 1 amide bonds. The Labute approximate surface area is 155 Å². The van der Waals surface area contributed by atoms with Crippen molar-refractivity contribution < 1.29 is 28.5 Å². The molecular formula is C19H18N2O6. The van der Waals surface area contributed by atoms with E-state index < -0.39 is 5.91 Å². The molecule has 1 aliphatic rings. The largest absolute Gasteiger partial charge is 0.493 e. The number of nitrogens with one attached hydrogen (secondary N) is 1. The van der Waals surface area contributed by atoms with Crippen LogP contribution in [0.25, 0.3) is 6.08 Å². The molecule has 0 fully saturated rings. The van der Waals surface area contributed by atoms with Crippen LogP contribution in [0.1, 0.15) is 15.9 Å². The van der Waals surface area contributed by atoms with Gasteiger partial charge in [0.1, 0.15) is 11.5 Å². The molecule has 0 bridgehead atoms. The van der Waals surface area contributed by atoms with Crippen molar-refractivity contribution in [2.75, 3.05) is 20.8 Å². The number of ether oxygens (including phenoxy) is 4. The van der Waals surface area contributed by atoms with E-state index >= 15 is 0 Å². The molecule has 0 saturated carbocycles. The van der Waals surface area contributed by atoms with Gasteiger partial charge in [0.05, 0.1) is 19.8 Å². The number of benzene rings is 2. The number of hydrogen-bond donors (Lipinski definition) is 2. The summed E-state index contributed by atoms with van der Waals surface area (Å²) in [5, 5.41) is 0. The van der Waals surface area contributed by atoms with Gasteiger partial charge >= 0.3 is 0 Å². The molecule has 2 aromatic rings. The number of hydrogen-bond acceptors (Lipinski definition) is 7. The third-order valence-electron chi connectivity index (χ3n) is 3.89. The summed E-state index contributed by atoms with van der Waals surface area (Å²) in [4.78, 5) is 23.8. The van der Waals surface area contributed by atoms with E-state index in [0.29, 0.717) is 34.1 Å². The van der Waals surface area contributed by atoms with E-state index in [1.165, 1.54) is 14.2 Å². The number of para-hydroxylation sites is 1. The average Bonchev–Trinajstić information content (AvgIpc) is 3.00. The maximum Gasteiger partial charge on any atom is 0.271 e. The van der Waals surface area contributed by atoms with Gasteiger partial charge in [0.2, 0.25) is 5.78 Å². The summed E-state index contributed by atoms with van der Waals surface area (Å²) in [6.45, 7) is -0.243. The Kier molecular flexibility index (Phi) is 5.28. The molecule has 3 rings (SSSR count). The minimum Gasteiger partial charge on any atom is -0.493 e. The molecule has 27 heavy (non-hydrogen) atoms. The van der Waals surface area contributed by atoms with E-state index in [2.05, 4.69) is 0 Å². The maximum atomic E-state index is 12.6. The molecular weight excluding hydrogens is 352 g/mol. The van der Waals surface area contributed by atoms with Crippen LogP contribution < -0.4 is 30.2 Å². The molecule has 140 valence electrons. The Bertz CT molecular complexity index is 922. The van der Waals surface area contributed by atoms with Crippen LogP contribution in [0.4, 0.5) is 0 Å². The molecule has 0 aliphatic carbocycles. The second-order valence-electron chi connectivity index (χ2n) is 5.54. The lowest BCUT2D eigenvalue weighted by Crippen LogP contribution is -2.34. The third-order valence-corrected chi connectivity index (χ3v) is 3.89. The summed E-state index contributed by atoms with van der Waals surface area (Å²) in [5.74, 6) is 6.18. The minimum absolute atomic E-state index is 0.147. The number of nitrogens with two attached hydrogens (primary N) is 1. The van der Waals surface area contributed by atoms with E-state index in [0.717, 1.165) is 0 Å². The first-order valence-corrected chi connectivity index (χ1v) is 7.99. The third kappa shape index (κ3) is 3.70. The number of amides is 1. The average molecular weight is 370 g/mol. The van der Waals surface area contributed by atoms with Gasteiger partial charge in [-0.15, -0.1) is 0 Å². The molecule has 3 N–H and O–H groups in total. The first-order chi connectivity index (χ1) is 13.1. The van der Waals surface area contributed by atoms with Gasteiger partial charge in [0, 0.05) is 11.6 Å². The van der Waals surface area contributed by atoms with Gasteiger partial charge in [-0.1, -0.05) is 12.1 Å². The van der Waals surface area contributed by atoms with Gasteiger partial charge in [-0.3, -0.25) is 15.0 Å². The summed E-state index contributed by atoms with van der Waals surface area (Å²) in [6.07, 6.45) is 1.59. The van der Waals surface area contributed by atoms with Crippen LogP contribution >= 0.6 is 0 Å². The normalized spacial score (nSPS) is 13.7. The Morgan fingerprint density at radius 2 is 2.04 bits per heavy atom. The zero-order chi connectivity index (χ0) is 19.4. The van der Waals surface area contributed by atoms with Crippen LogP contribution in [0.5, 0.6) is 23.0 Å². The van der Waals surface area contributed by atoms with E-state index in [-0.39, 0.29) is 18.1 Å². The highest BCUT2D eigenvalue weighted by molar-refractivity contribution is 6.14. The van der Waals surface area contributed by atoms with Gasteiger partial charge < -0.3 is 18.9 Å². The topological polar surface area (TPSA) is 109 Å². The quantitative estimate of drug-likeness (QED) is 0.345. The fraction of sp³-hybridized carbons (Fsp3) is 0.158. The second-order valence-corrected chi connectivity index (χ2v) is 5.54. The SMILES string of the molecule is COc1cccc(/C=C2\Oc3cc(OCC(=O)NN)ccc3C2=O)c1OC. The van der Waals surface area contributed by atoms with Crippen molar-refractivity contribution in [3.8, 4) is 23.0 Å². The summed E-state index contributed by atoms with van der Waals surface area (Å²) in [7, 11) is 3.06. The first kappa shape index (κ1) is 18.3.